The van der Waals surface area contributed by atoms with Crippen LogP contribution in [0.25, 0.3) is 0 Å². The smallest absolute Gasteiger partial charge is 0.219 e. The van der Waals surface area contributed by atoms with Crippen LogP contribution in [0.1, 0.15) is 6.42 Å². The second-order valence-electron chi connectivity index (χ2n) is 3.63. The Bertz CT molecular complexity index is 526. The van der Waals surface area contributed by atoms with Crippen LogP contribution in [0.15, 0.2) is 23.1 Å². The van der Waals surface area contributed by atoms with Gasteiger partial charge in [0, 0.05) is 19.2 Å². The fraction of sp³-hybridized carbons (Fsp3) is 0.300. The van der Waals surface area contributed by atoms with Gasteiger partial charge in [0.1, 0.15) is 0 Å². The van der Waals surface area contributed by atoms with Gasteiger partial charge in [-0.25, -0.2) is 8.42 Å². The number of sulfone groups is 1. The summed E-state index contributed by atoms with van der Waals surface area (Å²) in [7, 11) is -3.35. The third-order valence-electron chi connectivity index (χ3n) is 2.15. The van der Waals surface area contributed by atoms with Crippen molar-refractivity contribution in [3.8, 4) is 0 Å². The molecule has 0 aliphatic rings. The fourth-order valence-electron chi connectivity index (χ4n) is 1.34. The summed E-state index contributed by atoms with van der Waals surface area (Å²) >= 11 is 0. The average Bonchev–Trinajstić information content (AvgIpc) is 2.18. The lowest BCUT2D eigenvalue weighted by Gasteiger charge is -2.11. The molecule has 0 aliphatic heterocycles. The topological polar surface area (TPSA) is 115 Å². The Labute approximate surface area is 99.9 Å². The van der Waals surface area contributed by atoms with Crippen molar-refractivity contribution in [3.05, 3.63) is 18.2 Å². The van der Waals surface area contributed by atoms with Gasteiger partial charge >= 0.3 is 0 Å². The minimum Gasteiger partial charge on any atom is -0.396 e. The number of primary amides is 1. The van der Waals surface area contributed by atoms with Crippen molar-refractivity contribution in [1.29, 1.82) is 0 Å². The van der Waals surface area contributed by atoms with Gasteiger partial charge in [-0.15, -0.1) is 0 Å². The summed E-state index contributed by atoms with van der Waals surface area (Å²) in [5, 5.41) is 2.87. The fourth-order valence-corrected chi connectivity index (χ4v) is 2.18. The number of para-hydroxylation sites is 1. The molecule has 0 radical (unpaired) electrons. The number of rotatable bonds is 5. The zero-order valence-corrected chi connectivity index (χ0v) is 10.3. The van der Waals surface area contributed by atoms with E-state index in [1.54, 1.807) is 12.1 Å². The molecule has 17 heavy (non-hydrogen) atoms. The normalized spacial score (nSPS) is 11.1. The van der Waals surface area contributed by atoms with Gasteiger partial charge in [-0.05, 0) is 12.1 Å². The molecule has 0 saturated carbocycles. The van der Waals surface area contributed by atoms with Crippen molar-refractivity contribution in [2.75, 3.05) is 23.9 Å². The number of hydrogen-bond acceptors (Lipinski definition) is 5. The molecule has 0 spiro atoms. The van der Waals surface area contributed by atoms with Gasteiger partial charge in [0.2, 0.25) is 5.91 Å². The number of amides is 1. The molecule has 7 heteroatoms. The maximum Gasteiger partial charge on any atom is 0.219 e. The summed E-state index contributed by atoms with van der Waals surface area (Å²) < 4.78 is 22.8. The molecule has 0 heterocycles. The van der Waals surface area contributed by atoms with Crippen molar-refractivity contribution < 1.29 is 13.2 Å². The Morgan fingerprint density at radius 1 is 1.41 bits per heavy atom. The quantitative estimate of drug-likeness (QED) is 0.640. The third-order valence-corrected chi connectivity index (χ3v) is 3.31. The molecule has 0 atom stereocenters. The number of carbonyl (C=O) groups is 1. The van der Waals surface area contributed by atoms with E-state index in [1.165, 1.54) is 6.07 Å². The maximum absolute atomic E-state index is 11.4. The molecule has 94 valence electrons. The van der Waals surface area contributed by atoms with Crippen molar-refractivity contribution in [1.82, 2.24) is 0 Å². The molecule has 0 bridgehead atoms. The van der Waals surface area contributed by atoms with Crippen LogP contribution < -0.4 is 16.8 Å². The van der Waals surface area contributed by atoms with Crippen molar-refractivity contribution in [2.24, 2.45) is 5.73 Å². The number of carbonyl (C=O) groups excluding carboxylic acids is 1. The Morgan fingerprint density at radius 2 is 2.06 bits per heavy atom. The lowest BCUT2D eigenvalue weighted by molar-refractivity contribution is -0.117. The lowest BCUT2D eigenvalue weighted by atomic mass is 10.2. The summed E-state index contributed by atoms with van der Waals surface area (Å²) in [5.41, 5.74) is 11.3. The molecule has 0 saturated heterocycles. The molecule has 1 amide bonds. The largest absolute Gasteiger partial charge is 0.396 e. The van der Waals surface area contributed by atoms with Crippen LogP contribution in [0.3, 0.4) is 0 Å². The third kappa shape index (κ3) is 3.63. The number of hydrogen-bond donors (Lipinski definition) is 3. The number of anilines is 2. The highest BCUT2D eigenvalue weighted by Gasteiger charge is 2.13. The Balaban J connectivity index is 2.92. The predicted octanol–water partition coefficient (Wildman–Crippen LogP) is -0.0404. The SMILES string of the molecule is CS(=O)(=O)c1cccc(NCCC(N)=O)c1N. The van der Waals surface area contributed by atoms with E-state index in [0.717, 1.165) is 6.26 Å². The van der Waals surface area contributed by atoms with E-state index in [0.29, 0.717) is 12.2 Å². The van der Waals surface area contributed by atoms with E-state index in [2.05, 4.69) is 5.32 Å². The van der Waals surface area contributed by atoms with Crippen LogP contribution in [0.4, 0.5) is 11.4 Å². The van der Waals surface area contributed by atoms with E-state index in [-0.39, 0.29) is 17.0 Å². The Kier molecular flexibility index (Phi) is 3.95. The first-order valence-electron chi connectivity index (χ1n) is 4.93. The standard InChI is InChI=1S/C10H15N3O3S/c1-17(15,16)8-4-2-3-7(10(8)12)13-6-5-9(11)14/h2-4,13H,5-6,12H2,1H3,(H2,11,14). The van der Waals surface area contributed by atoms with Crippen LogP contribution in [-0.4, -0.2) is 27.1 Å². The molecule has 1 aromatic carbocycles. The molecule has 0 fully saturated rings. The van der Waals surface area contributed by atoms with Gasteiger partial charge in [0.25, 0.3) is 0 Å². The highest BCUT2D eigenvalue weighted by Crippen LogP contribution is 2.26. The first-order valence-corrected chi connectivity index (χ1v) is 6.82. The van der Waals surface area contributed by atoms with Gasteiger partial charge in [-0.1, -0.05) is 6.07 Å². The van der Waals surface area contributed by atoms with Crippen molar-refractivity contribution >= 4 is 27.1 Å². The number of benzene rings is 1. The summed E-state index contributed by atoms with van der Waals surface area (Å²) in [6.07, 6.45) is 1.24. The first kappa shape index (κ1) is 13.3. The Hall–Kier alpha value is -1.76. The molecular weight excluding hydrogens is 242 g/mol. The van der Waals surface area contributed by atoms with E-state index in [4.69, 9.17) is 11.5 Å². The Morgan fingerprint density at radius 3 is 2.59 bits per heavy atom. The van der Waals surface area contributed by atoms with E-state index < -0.39 is 15.7 Å². The predicted molar refractivity (Wildman–Crippen MR) is 66.3 cm³/mol. The number of nitrogens with one attached hydrogen (secondary N) is 1. The summed E-state index contributed by atoms with van der Waals surface area (Å²) in [6.45, 7) is 0.312. The number of nitrogen functional groups attached to an aromatic ring is 1. The van der Waals surface area contributed by atoms with Gasteiger partial charge in [-0.3, -0.25) is 4.79 Å². The van der Waals surface area contributed by atoms with Gasteiger partial charge in [0.05, 0.1) is 16.3 Å². The van der Waals surface area contributed by atoms with E-state index >= 15 is 0 Å². The van der Waals surface area contributed by atoms with Gasteiger partial charge < -0.3 is 16.8 Å². The summed E-state index contributed by atoms with van der Waals surface area (Å²) in [5.74, 6) is -0.435. The van der Waals surface area contributed by atoms with Crippen molar-refractivity contribution in [3.63, 3.8) is 0 Å². The molecule has 0 aliphatic carbocycles. The zero-order valence-electron chi connectivity index (χ0n) is 9.43. The molecule has 0 unspecified atom stereocenters. The average molecular weight is 257 g/mol. The van der Waals surface area contributed by atoms with E-state index in [1.807, 2.05) is 0 Å². The highest BCUT2D eigenvalue weighted by atomic mass is 32.2. The lowest BCUT2D eigenvalue weighted by Crippen LogP contribution is -2.16. The van der Waals surface area contributed by atoms with Crippen molar-refractivity contribution in [2.45, 2.75) is 11.3 Å². The second kappa shape index (κ2) is 5.05. The van der Waals surface area contributed by atoms with Crippen LogP contribution in [-0.2, 0) is 14.6 Å². The van der Waals surface area contributed by atoms with Gasteiger partial charge in [0.15, 0.2) is 9.84 Å². The summed E-state index contributed by atoms with van der Waals surface area (Å²) in [4.78, 5) is 10.6. The van der Waals surface area contributed by atoms with E-state index in [9.17, 15) is 13.2 Å². The van der Waals surface area contributed by atoms with Gasteiger partial charge in [-0.2, -0.15) is 0 Å². The van der Waals surface area contributed by atoms with Crippen LogP contribution in [0, 0.1) is 0 Å². The molecule has 1 aromatic rings. The molecular formula is C10H15N3O3S. The minimum absolute atomic E-state index is 0.0709. The van der Waals surface area contributed by atoms with Crippen LogP contribution in [0.2, 0.25) is 0 Å². The van der Waals surface area contributed by atoms with Crippen LogP contribution in [0.5, 0.6) is 0 Å². The van der Waals surface area contributed by atoms with Crippen LogP contribution >= 0.6 is 0 Å². The summed E-state index contributed by atoms with van der Waals surface area (Å²) in [6, 6.07) is 4.66. The second-order valence-corrected chi connectivity index (χ2v) is 5.62. The molecule has 5 N–H and O–H groups in total. The maximum atomic E-state index is 11.4. The molecule has 0 aromatic heterocycles. The highest BCUT2D eigenvalue weighted by molar-refractivity contribution is 7.90. The number of nitrogens with two attached hydrogens (primary N) is 2. The molecule has 1 rings (SSSR count). The first-order chi connectivity index (χ1) is 7.82. The zero-order chi connectivity index (χ0) is 13.1. The monoisotopic (exact) mass is 257 g/mol. The minimum atomic E-state index is -3.35. The molecule has 6 nitrogen and oxygen atoms in total.